The van der Waals surface area contributed by atoms with Crippen molar-refractivity contribution in [2.75, 3.05) is 0 Å². The third kappa shape index (κ3) is 1.60. The fourth-order valence-electron chi connectivity index (χ4n) is 0.617. The average Bonchev–Trinajstić information content (AvgIpc) is 2.58. The van der Waals surface area contributed by atoms with Crippen LogP contribution in [-0.2, 0) is 0 Å². The van der Waals surface area contributed by atoms with Gasteiger partial charge in [-0.3, -0.25) is 0 Å². The van der Waals surface area contributed by atoms with Crippen molar-refractivity contribution in [3.63, 3.8) is 0 Å². The Morgan fingerprint density at radius 2 is 1.91 bits per heavy atom. The van der Waals surface area contributed by atoms with Crippen LogP contribution in [0.3, 0.4) is 0 Å². The van der Waals surface area contributed by atoms with Crippen molar-refractivity contribution in [3.8, 4) is 0 Å². The summed E-state index contributed by atoms with van der Waals surface area (Å²) in [5.74, 6) is 1.40. The van der Waals surface area contributed by atoms with E-state index in [2.05, 4.69) is 18.3 Å². The molecule has 1 aliphatic rings. The van der Waals surface area contributed by atoms with E-state index in [1.165, 1.54) is 0 Å². The minimum absolute atomic E-state index is 0.349. The van der Waals surface area contributed by atoms with Gasteiger partial charge in [0.15, 0.2) is 0 Å². The van der Waals surface area contributed by atoms with Gasteiger partial charge in [0.05, 0.1) is 0 Å². The number of hydrogen-bond acceptors (Lipinski definition) is 3. The first-order valence-corrected chi connectivity index (χ1v) is 8.72. The van der Waals surface area contributed by atoms with Crippen LogP contribution in [0, 0.1) is 0 Å². The normalized spacial score (nSPS) is 15.8. The van der Waals surface area contributed by atoms with Crippen molar-refractivity contribution < 1.29 is 0 Å². The molecule has 0 aromatic carbocycles. The Labute approximate surface area is 75.2 Å². The van der Waals surface area contributed by atoms with E-state index in [0.29, 0.717) is 32.5 Å². The van der Waals surface area contributed by atoms with Gasteiger partial charge < -0.3 is 0 Å². The summed E-state index contributed by atoms with van der Waals surface area (Å²) in [4.78, 5) is 8.09. The third-order valence-corrected chi connectivity index (χ3v) is 4.58. The summed E-state index contributed by atoms with van der Waals surface area (Å²) >= 11 is 0.697. The average molecular weight is 277 g/mol. The Hall–Kier alpha value is -0.411. The molecule has 0 saturated carbocycles. The number of rotatable bonds is 1. The molecule has 6 heteroatoms. The molecule has 0 fully saturated rings. The number of hydrogen-bond donors (Lipinski definition) is 0. The Morgan fingerprint density at radius 3 is 2.55 bits per heavy atom. The standard InChI is InChI=1S/C5H3N4Se2/c1-2-6-4(7-3-1)5-8-10-11-9-5/h1-3H. The topological polar surface area (TPSA) is 52.2 Å². The molecule has 2 heterocycles. The van der Waals surface area contributed by atoms with Gasteiger partial charge in [-0.15, -0.1) is 0 Å². The van der Waals surface area contributed by atoms with Crippen LogP contribution >= 0.6 is 0 Å². The zero-order valence-electron chi connectivity index (χ0n) is 5.34. The molecule has 1 aromatic rings. The van der Waals surface area contributed by atoms with Gasteiger partial charge in [-0.2, -0.15) is 0 Å². The van der Waals surface area contributed by atoms with Gasteiger partial charge in [-0.05, 0) is 0 Å². The van der Waals surface area contributed by atoms with E-state index in [1.807, 2.05) is 0 Å². The van der Waals surface area contributed by atoms with E-state index < -0.39 is 0 Å². The fraction of sp³-hybridized carbons (Fsp3) is 0. The predicted octanol–water partition coefficient (Wildman–Crippen LogP) is -1.01. The number of nitrogens with zero attached hydrogens (tertiary/aromatic N) is 4. The fourth-order valence-corrected chi connectivity index (χ4v) is 4.10. The minimum atomic E-state index is 0.349. The van der Waals surface area contributed by atoms with E-state index >= 15 is 0 Å². The Balaban J connectivity index is 2.29. The molecule has 0 bridgehead atoms. The Bertz CT molecular complexity index is 273. The van der Waals surface area contributed by atoms with E-state index in [4.69, 9.17) is 0 Å². The van der Waals surface area contributed by atoms with E-state index in [9.17, 15) is 0 Å². The molecular formula is C5H3N4Se2. The maximum absolute atomic E-state index is 4.22. The van der Waals surface area contributed by atoms with Gasteiger partial charge in [0.2, 0.25) is 0 Å². The zero-order valence-corrected chi connectivity index (χ0v) is 8.76. The molecule has 0 atom stereocenters. The SMILES string of the molecule is c1cnc(C2=N[Se][Se][N]2)nc1. The summed E-state index contributed by atoms with van der Waals surface area (Å²) in [5, 5.41) is 0. The van der Waals surface area contributed by atoms with Crippen molar-refractivity contribution in [2.24, 2.45) is 4.01 Å². The molecule has 0 spiro atoms. The van der Waals surface area contributed by atoms with E-state index in [-0.39, 0.29) is 0 Å². The Kier molecular flexibility index (Phi) is 2.19. The molecule has 55 valence electrons. The molecule has 0 aliphatic carbocycles. The first kappa shape index (κ1) is 7.25. The van der Waals surface area contributed by atoms with Gasteiger partial charge >= 0.3 is 75.1 Å². The quantitative estimate of drug-likeness (QED) is 0.618. The van der Waals surface area contributed by atoms with Crippen LogP contribution in [0.25, 0.3) is 0 Å². The van der Waals surface area contributed by atoms with Crippen molar-refractivity contribution in [1.82, 2.24) is 14.3 Å². The van der Waals surface area contributed by atoms with Gasteiger partial charge in [0.1, 0.15) is 0 Å². The molecule has 4 nitrogen and oxygen atoms in total. The summed E-state index contributed by atoms with van der Waals surface area (Å²) in [6.07, 6.45) is 3.41. The molecule has 11 heavy (non-hydrogen) atoms. The molecular weight excluding hydrogens is 274 g/mol. The molecule has 2 rings (SSSR count). The summed E-state index contributed by atoms with van der Waals surface area (Å²) in [7, 11) is 0. The van der Waals surface area contributed by atoms with Crippen LogP contribution in [-0.4, -0.2) is 42.5 Å². The predicted molar refractivity (Wildman–Crippen MR) is 42.2 cm³/mol. The molecule has 0 N–H and O–H groups in total. The summed E-state index contributed by atoms with van der Waals surface area (Å²) in [5.41, 5.74) is 0. The number of amidine groups is 1. The second-order valence-electron chi connectivity index (χ2n) is 1.73. The van der Waals surface area contributed by atoms with Crippen LogP contribution < -0.4 is 4.33 Å². The number of aromatic nitrogens is 2. The van der Waals surface area contributed by atoms with E-state index in [0.717, 1.165) is 5.84 Å². The van der Waals surface area contributed by atoms with Crippen molar-refractivity contribution in [3.05, 3.63) is 24.3 Å². The van der Waals surface area contributed by atoms with Crippen LogP contribution in [0.4, 0.5) is 0 Å². The third-order valence-electron chi connectivity index (χ3n) is 1.05. The van der Waals surface area contributed by atoms with Gasteiger partial charge in [0, 0.05) is 0 Å². The van der Waals surface area contributed by atoms with Crippen molar-refractivity contribution >= 4 is 32.5 Å². The monoisotopic (exact) mass is 279 g/mol. The maximum atomic E-state index is 4.22. The van der Waals surface area contributed by atoms with Crippen LogP contribution in [0.5, 0.6) is 0 Å². The summed E-state index contributed by atoms with van der Waals surface area (Å²) < 4.78 is 8.44. The molecule has 0 saturated heterocycles. The molecule has 0 unspecified atom stereocenters. The Morgan fingerprint density at radius 1 is 1.09 bits per heavy atom. The molecule has 1 aromatic heterocycles. The van der Waals surface area contributed by atoms with Crippen LogP contribution in [0.2, 0.25) is 0 Å². The van der Waals surface area contributed by atoms with Gasteiger partial charge in [-0.25, -0.2) is 0 Å². The summed E-state index contributed by atoms with van der Waals surface area (Å²) in [6.45, 7) is 0. The molecule has 1 radical (unpaired) electrons. The van der Waals surface area contributed by atoms with Crippen LogP contribution in [0.1, 0.15) is 5.82 Å². The van der Waals surface area contributed by atoms with Crippen LogP contribution in [0.15, 0.2) is 22.5 Å². The first-order chi connectivity index (χ1) is 5.47. The van der Waals surface area contributed by atoms with Crippen molar-refractivity contribution in [1.29, 1.82) is 0 Å². The second kappa shape index (κ2) is 3.32. The van der Waals surface area contributed by atoms with Gasteiger partial charge in [0.25, 0.3) is 0 Å². The first-order valence-electron chi connectivity index (χ1n) is 2.86. The molecule has 1 aliphatic heterocycles. The second-order valence-corrected chi connectivity index (χ2v) is 6.37. The van der Waals surface area contributed by atoms with E-state index in [1.54, 1.807) is 18.5 Å². The molecule has 0 amide bonds. The summed E-state index contributed by atoms with van der Waals surface area (Å²) in [6, 6.07) is 1.79. The van der Waals surface area contributed by atoms with Gasteiger partial charge in [-0.1, -0.05) is 0 Å². The zero-order chi connectivity index (χ0) is 7.52. The van der Waals surface area contributed by atoms with Crippen molar-refractivity contribution in [2.45, 2.75) is 0 Å².